The van der Waals surface area contributed by atoms with Crippen molar-refractivity contribution in [3.8, 4) is 0 Å². The lowest BCUT2D eigenvalue weighted by molar-refractivity contribution is 0.0700. The second kappa shape index (κ2) is 4.90. The van der Waals surface area contributed by atoms with Gasteiger partial charge in [0.25, 0.3) is 0 Å². The lowest BCUT2D eigenvalue weighted by atomic mass is 10.1. The molecule has 0 unspecified atom stereocenters. The first-order chi connectivity index (χ1) is 8.81. The molecule has 0 amide bonds. The number of para-hydroxylation sites is 1. The molecule has 0 atom stereocenters. The van der Waals surface area contributed by atoms with Crippen LogP contribution in [0.3, 0.4) is 0 Å². The first-order valence-electron chi connectivity index (χ1n) is 6.41. The molecule has 0 radical (unpaired) electrons. The van der Waals surface area contributed by atoms with Crippen molar-refractivity contribution in [2.24, 2.45) is 0 Å². The molecule has 18 heavy (non-hydrogen) atoms. The molecule has 0 N–H and O–H groups in total. The van der Waals surface area contributed by atoms with Crippen LogP contribution in [0, 0.1) is 6.92 Å². The molecule has 3 nitrogen and oxygen atoms in total. The van der Waals surface area contributed by atoms with Crippen LogP contribution in [0.15, 0.2) is 18.2 Å². The average molecular weight is 265 g/mol. The van der Waals surface area contributed by atoms with Crippen molar-refractivity contribution < 1.29 is 4.74 Å². The van der Waals surface area contributed by atoms with E-state index in [9.17, 15) is 0 Å². The van der Waals surface area contributed by atoms with Crippen LogP contribution in [0.25, 0.3) is 11.0 Å². The minimum absolute atomic E-state index is 0.464. The van der Waals surface area contributed by atoms with Gasteiger partial charge in [0.05, 0.1) is 16.9 Å². The Hall–Kier alpha value is -1.06. The van der Waals surface area contributed by atoms with E-state index in [0.717, 1.165) is 37.4 Å². The van der Waals surface area contributed by atoms with Crippen molar-refractivity contribution in [1.29, 1.82) is 0 Å². The third kappa shape index (κ3) is 1.91. The summed E-state index contributed by atoms with van der Waals surface area (Å²) in [6.07, 6.45) is 2.09. The van der Waals surface area contributed by atoms with Crippen LogP contribution in [0.5, 0.6) is 0 Å². The van der Waals surface area contributed by atoms with Gasteiger partial charge >= 0.3 is 0 Å². The molecule has 1 fully saturated rings. The third-order valence-electron chi connectivity index (χ3n) is 3.66. The highest BCUT2D eigenvalue weighted by Gasteiger charge is 2.21. The van der Waals surface area contributed by atoms with Gasteiger partial charge in [-0.25, -0.2) is 4.98 Å². The number of ether oxygens (including phenoxy) is 1. The van der Waals surface area contributed by atoms with E-state index in [2.05, 4.69) is 34.7 Å². The summed E-state index contributed by atoms with van der Waals surface area (Å²) in [6.45, 7) is 3.80. The zero-order valence-corrected chi connectivity index (χ0v) is 11.3. The summed E-state index contributed by atoms with van der Waals surface area (Å²) in [6, 6.07) is 6.72. The number of nitrogens with zero attached hydrogens (tertiary/aromatic N) is 2. The largest absolute Gasteiger partial charge is 0.381 e. The predicted molar refractivity (Wildman–Crippen MR) is 73.1 cm³/mol. The molecule has 0 aliphatic carbocycles. The maximum atomic E-state index is 6.06. The molecule has 0 saturated carbocycles. The van der Waals surface area contributed by atoms with E-state index in [1.807, 2.05) is 0 Å². The molecule has 96 valence electrons. The van der Waals surface area contributed by atoms with Crippen LogP contribution in [0.2, 0.25) is 0 Å². The van der Waals surface area contributed by atoms with Gasteiger partial charge in [-0.05, 0) is 31.4 Å². The van der Waals surface area contributed by atoms with E-state index in [4.69, 9.17) is 16.3 Å². The van der Waals surface area contributed by atoms with Crippen LogP contribution in [0.1, 0.15) is 30.3 Å². The normalized spacial score (nSPS) is 17.4. The molecule has 1 aliphatic heterocycles. The Kier molecular flexibility index (Phi) is 3.27. The second-order valence-corrected chi connectivity index (χ2v) is 5.09. The summed E-state index contributed by atoms with van der Waals surface area (Å²) in [5, 5.41) is 0. The number of fused-ring (bicyclic) bond motifs is 1. The second-order valence-electron chi connectivity index (χ2n) is 4.82. The fourth-order valence-electron chi connectivity index (χ4n) is 2.80. The van der Waals surface area contributed by atoms with Crippen molar-refractivity contribution in [1.82, 2.24) is 9.55 Å². The Bertz CT molecular complexity index is 558. The molecule has 1 saturated heterocycles. The third-order valence-corrected chi connectivity index (χ3v) is 3.90. The summed E-state index contributed by atoms with van der Waals surface area (Å²) in [5.41, 5.74) is 3.56. The zero-order chi connectivity index (χ0) is 12.5. The topological polar surface area (TPSA) is 27.1 Å². The monoisotopic (exact) mass is 264 g/mol. The van der Waals surface area contributed by atoms with Crippen LogP contribution < -0.4 is 0 Å². The summed E-state index contributed by atoms with van der Waals surface area (Å²) in [5.74, 6) is 1.44. The minimum atomic E-state index is 0.464. The number of halogens is 1. The Morgan fingerprint density at radius 2 is 2.17 bits per heavy atom. The average Bonchev–Trinajstić information content (AvgIpc) is 2.79. The Morgan fingerprint density at radius 3 is 2.89 bits per heavy atom. The summed E-state index contributed by atoms with van der Waals surface area (Å²) >= 11 is 6.06. The molecule has 2 aromatic rings. The first-order valence-corrected chi connectivity index (χ1v) is 6.95. The Morgan fingerprint density at radius 1 is 1.39 bits per heavy atom. The van der Waals surface area contributed by atoms with Crippen LogP contribution in [-0.4, -0.2) is 22.8 Å². The summed E-state index contributed by atoms with van der Waals surface area (Å²) in [4.78, 5) is 4.66. The highest BCUT2D eigenvalue weighted by Crippen LogP contribution is 2.30. The van der Waals surface area contributed by atoms with Gasteiger partial charge in [0, 0.05) is 19.3 Å². The van der Waals surface area contributed by atoms with E-state index in [0.29, 0.717) is 11.9 Å². The van der Waals surface area contributed by atoms with E-state index in [-0.39, 0.29) is 0 Å². The lowest BCUT2D eigenvalue weighted by Gasteiger charge is -2.25. The van der Waals surface area contributed by atoms with Gasteiger partial charge in [0.2, 0.25) is 0 Å². The van der Waals surface area contributed by atoms with E-state index in [1.54, 1.807) is 0 Å². The molecule has 1 aromatic heterocycles. The number of aryl methyl sites for hydroxylation is 1. The Labute approximate surface area is 112 Å². The number of aromatic nitrogens is 2. The fraction of sp³-hybridized carbons (Fsp3) is 0.500. The van der Waals surface area contributed by atoms with Gasteiger partial charge in [-0.1, -0.05) is 12.1 Å². The molecule has 0 spiro atoms. The predicted octanol–water partition coefficient (Wildman–Crippen LogP) is 3.44. The number of rotatable bonds is 2. The van der Waals surface area contributed by atoms with Crippen LogP contribution >= 0.6 is 11.6 Å². The summed E-state index contributed by atoms with van der Waals surface area (Å²) < 4.78 is 7.78. The SMILES string of the molecule is Cc1cccc2nc(CCl)n(C3CCOCC3)c12. The van der Waals surface area contributed by atoms with Gasteiger partial charge in [0.15, 0.2) is 0 Å². The molecule has 2 heterocycles. The molecular weight excluding hydrogens is 248 g/mol. The van der Waals surface area contributed by atoms with E-state index in [1.165, 1.54) is 11.1 Å². The van der Waals surface area contributed by atoms with Gasteiger partial charge < -0.3 is 9.30 Å². The van der Waals surface area contributed by atoms with Crippen LogP contribution in [-0.2, 0) is 10.6 Å². The smallest absolute Gasteiger partial charge is 0.125 e. The first kappa shape index (κ1) is 12.0. The Balaban J connectivity index is 2.17. The maximum Gasteiger partial charge on any atom is 0.125 e. The highest BCUT2D eigenvalue weighted by atomic mass is 35.5. The van der Waals surface area contributed by atoms with Gasteiger partial charge in [-0.3, -0.25) is 0 Å². The molecule has 4 heteroatoms. The maximum absolute atomic E-state index is 6.06. The molecular formula is C14H17ClN2O. The zero-order valence-electron chi connectivity index (χ0n) is 10.5. The van der Waals surface area contributed by atoms with Crippen LogP contribution in [0.4, 0.5) is 0 Å². The van der Waals surface area contributed by atoms with Gasteiger partial charge in [-0.15, -0.1) is 11.6 Å². The number of hydrogen-bond donors (Lipinski definition) is 0. The molecule has 1 aliphatic rings. The fourth-order valence-corrected chi connectivity index (χ4v) is 2.99. The lowest BCUT2D eigenvalue weighted by Crippen LogP contribution is -2.21. The molecule has 1 aromatic carbocycles. The van der Waals surface area contributed by atoms with Gasteiger partial charge in [-0.2, -0.15) is 0 Å². The van der Waals surface area contributed by atoms with Crippen molar-refractivity contribution in [3.05, 3.63) is 29.6 Å². The highest BCUT2D eigenvalue weighted by molar-refractivity contribution is 6.16. The molecule has 0 bridgehead atoms. The van der Waals surface area contributed by atoms with Crippen molar-refractivity contribution in [3.63, 3.8) is 0 Å². The summed E-state index contributed by atoms with van der Waals surface area (Å²) in [7, 11) is 0. The number of benzene rings is 1. The van der Waals surface area contributed by atoms with Gasteiger partial charge in [0.1, 0.15) is 5.82 Å². The minimum Gasteiger partial charge on any atom is -0.381 e. The standard InChI is InChI=1S/C14H17ClN2O/c1-10-3-2-4-12-14(10)17(13(9-15)16-12)11-5-7-18-8-6-11/h2-4,11H,5-9H2,1H3. The van der Waals surface area contributed by atoms with Crippen molar-refractivity contribution in [2.75, 3.05) is 13.2 Å². The quantitative estimate of drug-likeness (QED) is 0.777. The van der Waals surface area contributed by atoms with Crippen molar-refractivity contribution >= 4 is 22.6 Å². The molecule has 3 rings (SSSR count). The van der Waals surface area contributed by atoms with Crippen molar-refractivity contribution in [2.45, 2.75) is 31.7 Å². The van der Waals surface area contributed by atoms with E-state index >= 15 is 0 Å². The number of imidazole rings is 1. The number of hydrogen-bond acceptors (Lipinski definition) is 2. The van der Waals surface area contributed by atoms with E-state index < -0.39 is 0 Å². The number of alkyl halides is 1.